The molecule has 0 unspecified atom stereocenters. The molecule has 0 aliphatic carbocycles. The van der Waals surface area contributed by atoms with Crippen LogP contribution >= 0.6 is 0 Å². The SMILES string of the molecule is CC[C@H](Nc1nccc2[nH]cnc12)c1nc2cccc(CC(=O)c3ccc(C(=O)Nc4ccccc4N)cc3)c2c(=O)n1-c1ccccc1. The van der Waals surface area contributed by atoms with Crippen LogP contribution in [-0.2, 0) is 6.42 Å². The zero-order chi connectivity index (χ0) is 33.9. The quantitative estimate of drug-likeness (QED) is 0.0968. The molecular formula is C38H32N8O3. The Bertz CT molecular complexity index is 2380. The Morgan fingerprint density at radius 3 is 2.41 bits per heavy atom. The molecule has 7 rings (SSSR count). The number of nitrogens with two attached hydrogens (primary N) is 1. The number of carbonyl (C=O) groups is 2. The van der Waals surface area contributed by atoms with Gasteiger partial charge in [-0.05, 0) is 60.5 Å². The van der Waals surface area contributed by atoms with Crippen LogP contribution in [0.3, 0.4) is 0 Å². The van der Waals surface area contributed by atoms with Crippen molar-refractivity contribution in [3.8, 4) is 5.69 Å². The highest BCUT2D eigenvalue weighted by molar-refractivity contribution is 6.07. The van der Waals surface area contributed by atoms with Gasteiger partial charge in [-0.1, -0.05) is 61.5 Å². The molecule has 0 aliphatic heterocycles. The van der Waals surface area contributed by atoms with Crippen LogP contribution in [0.2, 0.25) is 0 Å². The third kappa shape index (κ3) is 6.12. The first-order valence-corrected chi connectivity index (χ1v) is 15.8. The smallest absolute Gasteiger partial charge is 0.266 e. The van der Waals surface area contributed by atoms with Gasteiger partial charge in [0, 0.05) is 23.7 Å². The molecule has 11 nitrogen and oxygen atoms in total. The molecule has 0 saturated heterocycles. The number of anilines is 3. The van der Waals surface area contributed by atoms with E-state index in [1.54, 1.807) is 83.8 Å². The Hall–Kier alpha value is -6.62. The molecule has 0 radical (unpaired) electrons. The summed E-state index contributed by atoms with van der Waals surface area (Å²) in [5.74, 6) is 0.542. The molecule has 7 aromatic rings. The van der Waals surface area contributed by atoms with Gasteiger partial charge in [-0.3, -0.25) is 19.0 Å². The number of benzene rings is 4. The molecule has 0 saturated carbocycles. The highest BCUT2D eigenvalue weighted by Gasteiger charge is 2.23. The highest BCUT2D eigenvalue weighted by atomic mass is 16.2. The van der Waals surface area contributed by atoms with Gasteiger partial charge in [0.2, 0.25) is 0 Å². The molecule has 1 amide bonds. The molecule has 0 fully saturated rings. The minimum Gasteiger partial charge on any atom is -0.397 e. The third-order valence-electron chi connectivity index (χ3n) is 8.42. The summed E-state index contributed by atoms with van der Waals surface area (Å²) in [4.78, 5) is 58.0. The zero-order valence-electron chi connectivity index (χ0n) is 26.6. The van der Waals surface area contributed by atoms with Crippen molar-refractivity contribution in [2.45, 2.75) is 25.8 Å². The molecule has 242 valence electrons. The molecule has 3 heterocycles. The van der Waals surface area contributed by atoms with Crippen molar-refractivity contribution in [1.82, 2.24) is 24.5 Å². The Kier molecular flexibility index (Phi) is 8.38. The molecule has 3 aromatic heterocycles. The normalized spacial score (nSPS) is 11.8. The number of amides is 1. The van der Waals surface area contributed by atoms with E-state index < -0.39 is 6.04 Å². The van der Waals surface area contributed by atoms with Crippen LogP contribution in [0.4, 0.5) is 17.2 Å². The number of para-hydroxylation sites is 3. The van der Waals surface area contributed by atoms with Crippen LogP contribution in [-0.4, -0.2) is 36.2 Å². The van der Waals surface area contributed by atoms with Crippen molar-refractivity contribution in [2.75, 3.05) is 16.4 Å². The van der Waals surface area contributed by atoms with Gasteiger partial charge in [-0.15, -0.1) is 0 Å². The summed E-state index contributed by atoms with van der Waals surface area (Å²) in [5, 5.41) is 6.62. The standard InChI is InChI=1S/C38H32N8O3/c1-2-28(43-35-34-31(19-20-40-35)41-22-42-34)36-44-30-14-8-9-25(33(30)38(49)46(36)26-10-4-3-5-11-26)21-32(47)23-15-17-24(18-16-23)37(48)45-29-13-7-6-12-27(29)39/h3-20,22,28H,2,21,39H2,1H3,(H,40,43)(H,41,42)(H,45,48)/t28-/m0/s1. The van der Waals surface area contributed by atoms with E-state index >= 15 is 0 Å². The number of carbonyl (C=O) groups excluding carboxylic acids is 2. The molecule has 4 aromatic carbocycles. The first-order chi connectivity index (χ1) is 23.9. The maximum atomic E-state index is 14.5. The molecule has 11 heteroatoms. The lowest BCUT2D eigenvalue weighted by atomic mass is 9.99. The number of aromatic nitrogens is 5. The number of nitrogens with zero attached hydrogens (tertiary/aromatic N) is 4. The van der Waals surface area contributed by atoms with Gasteiger partial charge in [-0.2, -0.15) is 0 Å². The van der Waals surface area contributed by atoms with E-state index in [0.717, 1.165) is 5.52 Å². The summed E-state index contributed by atoms with van der Waals surface area (Å²) < 4.78 is 1.61. The van der Waals surface area contributed by atoms with E-state index in [4.69, 9.17) is 10.7 Å². The van der Waals surface area contributed by atoms with Crippen molar-refractivity contribution in [1.29, 1.82) is 0 Å². The van der Waals surface area contributed by atoms with Crippen molar-refractivity contribution in [3.05, 3.63) is 149 Å². The second-order valence-corrected chi connectivity index (χ2v) is 11.5. The number of hydrogen-bond acceptors (Lipinski definition) is 8. The van der Waals surface area contributed by atoms with Crippen molar-refractivity contribution in [2.24, 2.45) is 0 Å². The first-order valence-electron chi connectivity index (χ1n) is 15.8. The number of nitrogen functional groups attached to an aromatic ring is 1. The number of hydrogen-bond donors (Lipinski definition) is 4. The van der Waals surface area contributed by atoms with Crippen LogP contribution in [0, 0.1) is 0 Å². The van der Waals surface area contributed by atoms with Crippen molar-refractivity contribution >= 4 is 50.8 Å². The lowest BCUT2D eigenvalue weighted by Gasteiger charge is -2.22. The second kappa shape index (κ2) is 13.2. The number of H-pyrrole nitrogens is 1. The second-order valence-electron chi connectivity index (χ2n) is 11.5. The predicted molar refractivity (Wildman–Crippen MR) is 191 cm³/mol. The van der Waals surface area contributed by atoms with Crippen molar-refractivity contribution in [3.63, 3.8) is 0 Å². The Morgan fingerprint density at radius 1 is 0.878 bits per heavy atom. The topological polar surface area (TPSA) is 161 Å². The minimum atomic E-state index is -0.397. The van der Waals surface area contributed by atoms with Crippen LogP contribution in [0.15, 0.2) is 120 Å². The summed E-state index contributed by atoms with van der Waals surface area (Å²) >= 11 is 0. The average Bonchev–Trinajstić information content (AvgIpc) is 3.62. The molecular weight excluding hydrogens is 616 g/mol. The monoisotopic (exact) mass is 648 g/mol. The number of Topliss-reactive ketones (excluding diaryl/α,β-unsaturated/α-hetero) is 1. The molecule has 5 N–H and O–H groups in total. The number of rotatable bonds is 10. The highest BCUT2D eigenvalue weighted by Crippen LogP contribution is 2.28. The average molecular weight is 649 g/mol. The van der Waals surface area contributed by atoms with E-state index in [2.05, 4.69) is 25.6 Å². The molecule has 49 heavy (non-hydrogen) atoms. The predicted octanol–water partition coefficient (Wildman–Crippen LogP) is 6.48. The fourth-order valence-electron chi connectivity index (χ4n) is 5.90. The van der Waals surface area contributed by atoms with Gasteiger partial charge in [0.05, 0.1) is 45.9 Å². The van der Waals surface area contributed by atoms with Gasteiger partial charge in [-0.25, -0.2) is 15.0 Å². The van der Waals surface area contributed by atoms with E-state index in [9.17, 15) is 14.4 Å². The van der Waals surface area contributed by atoms with E-state index in [1.807, 2.05) is 43.3 Å². The number of nitrogens with one attached hydrogen (secondary N) is 3. The summed E-state index contributed by atoms with van der Waals surface area (Å²) in [6.45, 7) is 2.01. The number of aromatic amines is 1. The van der Waals surface area contributed by atoms with E-state index in [0.29, 0.717) is 68.2 Å². The van der Waals surface area contributed by atoms with E-state index in [1.165, 1.54) is 0 Å². The van der Waals surface area contributed by atoms with E-state index in [-0.39, 0.29) is 23.7 Å². The van der Waals surface area contributed by atoms with Gasteiger partial charge in [0.25, 0.3) is 11.5 Å². The van der Waals surface area contributed by atoms with Gasteiger partial charge < -0.3 is 21.4 Å². The lowest BCUT2D eigenvalue weighted by molar-refractivity contribution is 0.0989. The largest absolute Gasteiger partial charge is 0.397 e. The fraction of sp³-hybridized carbons (Fsp3) is 0.105. The number of ketones is 1. The minimum absolute atomic E-state index is 0.0327. The summed E-state index contributed by atoms with van der Waals surface area (Å²) in [6, 6.07) is 29.6. The van der Waals surface area contributed by atoms with Gasteiger partial charge >= 0.3 is 0 Å². The summed E-state index contributed by atoms with van der Waals surface area (Å²) in [5.41, 5.74) is 10.6. The molecule has 0 aliphatic rings. The van der Waals surface area contributed by atoms with Crippen molar-refractivity contribution < 1.29 is 9.59 Å². The zero-order valence-corrected chi connectivity index (χ0v) is 26.6. The van der Waals surface area contributed by atoms with Gasteiger partial charge in [0.1, 0.15) is 11.3 Å². The lowest BCUT2D eigenvalue weighted by Crippen LogP contribution is -2.29. The van der Waals surface area contributed by atoms with Crippen LogP contribution in [0.25, 0.3) is 27.6 Å². The number of pyridine rings is 1. The van der Waals surface area contributed by atoms with Crippen LogP contribution < -0.4 is 21.9 Å². The van der Waals surface area contributed by atoms with Crippen LogP contribution in [0.5, 0.6) is 0 Å². The summed E-state index contributed by atoms with van der Waals surface area (Å²) in [7, 11) is 0. The van der Waals surface area contributed by atoms with Gasteiger partial charge in [0.15, 0.2) is 11.6 Å². The number of fused-ring (bicyclic) bond motifs is 2. The molecule has 1 atom stereocenters. The maximum Gasteiger partial charge on any atom is 0.266 e. The fourth-order valence-corrected chi connectivity index (χ4v) is 5.90. The Balaban J connectivity index is 1.22. The van der Waals surface area contributed by atoms with Crippen LogP contribution in [0.1, 0.15) is 51.5 Å². The summed E-state index contributed by atoms with van der Waals surface area (Å²) in [6.07, 6.45) is 3.87. The third-order valence-corrected chi connectivity index (χ3v) is 8.42. The molecule has 0 spiro atoms. The Morgan fingerprint density at radius 2 is 1.63 bits per heavy atom. The Labute approximate surface area is 280 Å². The number of imidazole rings is 1. The molecule has 0 bridgehead atoms. The maximum absolute atomic E-state index is 14.5. The first kappa shape index (κ1) is 31.0.